The molecule has 0 aromatic heterocycles. The van der Waals surface area contributed by atoms with Gasteiger partial charge < -0.3 is 10.2 Å². The molecule has 0 saturated carbocycles. The zero-order valence-electron chi connectivity index (χ0n) is 10.0. The third-order valence-corrected chi connectivity index (χ3v) is 4.96. The number of thioether (sulfide) groups is 1. The van der Waals surface area contributed by atoms with Crippen molar-refractivity contribution < 1.29 is 0 Å². The van der Waals surface area contributed by atoms with Crippen LogP contribution in [0.5, 0.6) is 0 Å². The van der Waals surface area contributed by atoms with Crippen LogP contribution in [0, 0.1) is 5.92 Å². The summed E-state index contributed by atoms with van der Waals surface area (Å²) in [5.74, 6) is 3.55. The first-order valence-electron chi connectivity index (χ1n) is 6.28. The number of piperidine rings is 1. The molecule has 0 bridgehead atoms. The Kier molecular flexibility index (Phi) is 4.35. The van der Waals surface area contributed by atoms with Gasteiger partial charge in [-0.05, 0) is 51.4 Å². The second-order valence-electron chi connectivity index (χ2n) is 5.18. The van der Waals surface area contributed by atoms with Gasteiger partial charge in [0.05, 0.1) is 0 Å². The number of hydrogen-bond acceptors (Lipinski definition) is 3. The maximum Gasteiger partial charge on any atom is 0.0168 e. The van der Waals surface area contributed by atoms with Gasteiger partial charge in [-0.2, -0.15) is 11.8 Å². The van der Waals surface area contributed by atoms with Gasteiger partial charge in [0.25, 0.3) is 0 Å². The molecule has 2 heterocycles. The quantitative estimate of drug-likeness (QED) is 0.793. The van der Waals surface area contributed by atoms with E-state index in [1.54, 1.807) is 0 Å². The van der Waals surface area contributed by atoms with Gasteiger partial charge in [0.1, 0.15) is 0 Å². The van der Waals surface area contributed by atoms with Crippen molar-refractivity contribution in [3.8, 4) is 0 Å². The molecule has 0 aliphatic carbocycles. The summed E-state index contributed by atoms with van der Waals surface area (Å²) in [6.45, 7) is 4.96. The molecule has 2 saturated heterocycles. The van der Waals surface area contributed by atoms with Gasteiger partial charge in [0.2, 0.25) is 0 Å². The minimum atomic E-state index is 0.705. The van der Waals surface area contributed by atoms with Crippen LogP contribution < -0.4 is 5.32 Å². The monoisotopic (exact) mass is 228 g/mol. The van der Waals surface area contributed by atoms with Gasteiger partial charge >= 0.3 is 0 Å². The van der Waals surface area contributed by atoms with E-state index in [4.69, 9.17) is 0 Å². The summed E-state index contributed by atoms with van der Waals surface area (Å²) >= 11 is 2.10. The van der Waals surface area contributed by atoms with Crippen molar-refractivity contribution in [2.45, 2.75) is 38.3 Å². The van der Waals surface area contributed by atoms with Crippen molar-refractivity contribution >= 4 is 11.8 Å². The van der Waals surface area contributed by atoms with Crippen LogP contribution in [0.1, 0.15) is 26.2 Å². The van der Waals surface area contributed by atoms with Gasteiger partial charge in [0, 0.05) is 24.4 Å². The molecule has 2 aliphatic rings. The smallest absolute Gasteiger partial charge is 0.0168 e. The van der Waals surface area contributed by atoms with Gasteiger partial charge in [-0.15, -0.1) is 0 Å². The van der Waals surface area contributed by atoms with E-state index in [1.807, 2.05) is 0 Å². The lowest BCUT2D eigenvalue weighted by Crippen LogP contribution is -2.46. The molecule has 0 amide bonds. The molecule has 3 unspecified atom stereocenters. The number of likely N-dealkylation sites (tertiary alicyclic amines) is 1. The molecule has 3 atom stereocenters. The SMILES string of the molecule is CC(NC1CCSC1)C1CCCN(C)C1. The zero-order chi connectivity index (χ0) is 10.7. The van der Waals surface area contributed by atoms with Crippen LogP contribution in [0.2, 0.25) is 0 Å². The number of nitrogens with zero attached hydrogens (tertiary/aromatic N) is 1. The second kappa shape index (κ2) is 5.55. The summed E-state index contributed by atoms with van der Waals surface area (Å²) in [6, 6.07) is 1.49. The van der Waals surface area contributed by atoms with Gasteiger partial charge in [-0.3, -0.25) is 0 Å². The van der Waals surface area contributed by atoms with Crippen LogP contribution >= 0.6 is 11.8 Å². The topological polar surface area (TPSA) is 15.3 Å². The van der Waals surface area contributed by atoms with E-state index in [-0.39, 0.29) is 0 Å². The van der Waals surface area contributed by atoms with Crippen molar-refractivity contribution in [3.63, 3.8) is 0 Å². The molecular formula is C12H24N2S. The summed E-state index contributed by atoms with van der Waals surface area (Å²) in [7, 11) is 2.25. The van der Waals surface area contributed by atoms with E-state index < -0.39 is 0 Å². The van der Waals surface area contributed by atoms with Crippen molar-refractivity contribution in [1.82, 2.24) is 10.2 Å². The summed E-state index contributed by atoms with van der Waals surface area (Å²) in [5.41, 5.74) is 0. The molecule has 2 aliphatic heterocycles. The third kappa shape index (κ3) is 3.36. The lowest BCUT2D eigenvalue weighted by atomic mass is 9.91. The summed E-state index contributed by atoms with van der Waals surface area (Å²) in [5, 5.41) is 3.82. The fourth-order valence-electron chi connectivity index (χ4n) is 2.79. The molecule has 2 rings (SSSR count). The highest BCUT2D eigenvalue weighted by Crippen LogP contribution is 2.22. The maximum absolute atomic E-state index is 3.82. The fourth-order valence-corrected chi connectivity index (χ4v) is 3.95. The summed E-state index contributed by atoms with van der Waals surface area (Å²) < 4.78 is 0. The Hall–Kier alpha value is 0.270. The Morgan fingerprint density at radius 3 is 2.93 bits per heavy atom. The molecule has 15 heavy (non-hydrogen) atoms. The number of rotatable bonds is 3. The first-order chi connectivity index (χ1) is 7.25. The predicted octanol–water partition coefficient (Wildman–Crippen LogP) is 1.81. The van der Waals surface area contributed by atoms with E-state index in [1.165, 1.54) is 43.9 Å². The Balaban J connectivity index is 1.76. The summed E-state index contributed by atoms with van der Waals surface area (Å²) in [4.78, 5) is 2.48. The normalized spacial score (nSPS) is 35.6. The van der Waals surface area contributed by atoms with Crippen LogP contribution in [0.4, 0.5) is 0 Å². The van der Waals surface area contributed by atoms with Crippen molar-refractivity contribution in [2.75, 3.05) is 31.6 Å². The highest BCUT2D eigenvalue weighted by molar-refractivity contribution is 7.99. The predicted molar refractivity (Wildman–Crippen MR) is 68.5 cm³/mol. The average Bonchev–Trinajstić information content (AvgIpc) is 2.70. The lowest BCUT2D eigenvalue weighted by Gasteiger charge is -2.35. The average molecular weight is 228 g/mol. The van der Waals surface area contributed by atoms with Crippen LogP contribution in [0.25, 0.3) is 0 Å². The van der Waals surface area contributed by atoms with Crippen molar-refractivity contribution in [3.05, 3.63) is 0 Å². The third-order valence-electron chi connectivity index (χ3n) is 3.80. The highest BCUT2D eigenvalue weighted by Gasteiger charge is 2.25. The van der Waals surface area contributed by atoms with Gasteiger partial charge in [-0.25, -0.2) is 0 Å². The zero-order valence-corrected chi connectivity index (χ0v) is 10.9. The van der Waals surface area contributed by atoms with Gasteiger partial charge in [0.15, 0.2) is 0 Å². The molecule has 3 heteroatoms. The number of hydrogen-bond donors (Lipinski definition) is 1. The molecule has 2 nitrogen and oxygen atoms in total. The molecule has 2 fully saturated rings. The van der Waals surface area contributed by atoms with E-state index in [9.17, 15) is 0 Å². The van der Waals surface area contributed by atoms with Crippen molar-refractivity contribution in [1.29, 1.82) is 0 Å². The molecule has 0 aromatic carbocycles. The Morgan fingerprint density at radius 1 is 1.40 bits per heavy atom. The standard InChI is InChI=1S/C12H24N2S/c1-10(13-12-5-7-15-9-12)11-4-3-6-14(2)8-11/h10-13H,3-9H2,1-2H3. The van der Waals surface area contributed by atoms with Crippen molar-refractivity contribution in [2.24, 2.45) is 5.92 Å². The van der Waals surface area contributed by atoms with Crippen LogP contribution in [-0.2, 0) is 0 Å². The molecular weight excluding hydrogens is 204 g/mol. The van der Waals surface area contributed by atoms with Crippen LogP contribution in [0.3, 0.4) is 0 Å². The first kappa shape index (κ1) is 11.7. The largest absolute Gasteiger partial charge is 0.310 e. The fraction of sp³-hybridized carbons (Fsp3) is 1.00. The van der Waals surface area contributed by atoms with E-state index in [0.29, 0.717) is 6.04 Å². The lowest BCUT2D eigenvalue weighted by molar-refractivity contribution is 0.174. The minimum absolute atomic E-state index is 0.705. The Bertz CT molecular complexity index is 192. The molecule has 0 spiro atoms. The maximum atomic E-state index is 3.82. The minimum Gasteiger partial charge on any atom is -0.310 e. The van der Waals surface area contributed by atoms with E-state index in [2.05, 4.69) is 35.9 Å². The summed E-state index contributed by atoms with van der Waals surface area (Å²) in [6.07, 6.45) is 4.17. The first-order valence-corrected chi connectivity index (χ1v) is 7.43. The molecule has 88 valence electrons. The second-order valence-corrected chi connectivity index (χ2v) is 6.33. The number of nitrogens with one attached hydrogen (secondary N) is 1. The highest BCUT2D eigenvalue weighted by atomic mass is 32.2. The Labute approximate surface area is 98.2 Å². The van der Waals surface area contributed by atoms with Gasteiger partial charge in [-0.1, -0.05) is 0 Å². The van der Waals surface area contributed by atoms with Crippen LogP contribution in [-0.4, -0.2) is 48.6 Å². The van der Waals surface area contributed by atoms with E-state index in [0.717, 1.165) is 12.0 Å². The van der Waals surface area contributed by atoms with E-state index >= 15 is 0 Å². The Morgan fingerprint density at radius 2 is 2.27 bits per heavy atom. The van der Waals surface area contributed by atoms with Crippen LogP contribution in [0.15, 0.2) is 0 Å². The molecule has 0 aromatic rings. The molecule has 0 radical (unpaired) electrons. The molecule has 1 N–H and O–H groups in total.